The van der Waals surface area contributed by atoms with E-state index in [4.69, 9.17) is 5.73 Å². The molecule has 0 bridgehead atoms. The summed E-state index contributed by atoms with van der Waals surface area (Å²) in [6.07, 6.45) is 1.82. The summed E-state index contributed by atoms with van der Waals surface area (Å²) < 4.78 is 1.17. The molecule has 1 nitrogen and oxygen atoms in total. The molecule has 2 aromatic rings. The largest absolute Gasteiger partial charge is 0.325 e. The van der Waals surface area contributed by atoms with Gasteiger partial charge in [-0.3, -0.25) is 0 Å². The highest BCUT2D eigenvalue weighted by Crippen LogP contribution is 2.26. The lowest BCUT2D eigenvalue weighted by Gasteiger charge is -2.24. The zero-order valence-electron chi connectivity index (χ0n) is 9.82. The zero-order chi connectivity index (χ0) is 12.3. The lowest BCUT2D eigenvalue weighted by Crippen LogP contribution is -2.40. The number of hydrogen-bond donors (Lipinski definition) is 1. The minimum atomic E-state index is -0.189. The van der Waals surface area contributed by atoms with Crippen molar-refractivity contribution in [3.63, 3.8) is 0 Å². The zero-order valence-corrected chi connectivity index (χ0v) is 12.2. The summed E-state index contributed by atoms with van der Waals surface area (Å²) in [5.74, 6) is 0. The molecule has 0 amide bonds. The fourth-order valence-corrected chi connectivity index (χ4v) is 3.65. The van der Waals surface area contributed by atoms with Crippen molar-refractivity contribution in [1.29, 1.82) is 0 Å². The van der Waals surface area contributed by atoms with Crippen molar-refractivity contribution in [2.75, 3.05) is 0 Å². The third-order valence-electron chi connectivity index (χ3n) is 2.66. The van der Waals surface area contributed by atoms with Crippen LogP contribution in [0.5, 0.6) is 0 Å². The number of nitrogens with two attached hydrogens (primary N) is 1. The molecule has 0 fully saturated rings. The molecule has 0 aliphatic carbocycles. The first kappa shape index (κ1) is 12.8. The van der Waals surface area contributed by atoms with Gasteiger partial charge in [-0.25, -0.2) is 0 Å². The monoisotopic (exact) mass is 309 g/mol. The second-order valence-corrected chi connectivity index (χ2v) is 7.25. The molecule has 0 radical (unpaired) electrons. The Kier molecular flexibility index (Phi) is 4.02. The van der Waals surface area contributed by atoms with Gasteiger partial charge in [-0.15, -0.1) is 11.3 Å². The molecule has 0 saturated carbocycles. The SMILES string of the molecule is CC(N)(Cc1ccccc1)Cc1ccc(Br)s1. The lowest BCUT2D eigenvalue weighted by molar-refractivity contribution is 0.466. The Labute approximate surface area is 115 Å². The molecule has 3 heteroatoms. The van der Waals surface area contributed by atoms with Gasteiger partial charge in [0, 0.05) is 10.4 Å². The van der Waals surface area contributed by atoms with E-state index in [1.807, 2.05) is 6.07 Å². The van der Waals surface area contributed by atoms with Gasteiger partial charge < -0.3 is 5.73 Å². The van der Waals surface area contributed by atoms with E-state index in [1.165, 1.54) is 14.2 Å². The summed E-state index contributed by atoms with van der Waals surface area (Å²) in [5, 5.41) is 0. The predicted octanol–water partition coefficient (Wildman–Crippen LogP) is 4.01. The topological polar surface area (TPSA) is 26.0 Å². The molecule has 1 atom stereocenters. The minimum absolute atomic E-state index is 0.189. The average molecular weight is 310 g/mol. The van der Waals surface area contributed by atoms with Gasteiger partial charge in [0.2, 0.25) is 0 Å². The molecule has 0 aliphatic heterocycles. The summed E-state index contributed by atoms with van der Waals surface area (Å²) in [6, 6.07) is 14.7. The Morgan fingerprint density at radius 1 is 1.12 bits per heavy atom. The van der Waals surface area contributed by atoms with Gasteiger partial charge >= 0.3 is 0 Å². The van der Waals surface area contributed by atoms with E-state index in [0.717, 1.165) is 12.8 Å². The van der Waals surface area contributed by atoms with Crippen LogP contribution in [-0.4, -0.2) is 5.54 Å². The molecule has 1 unspecified atom stereocenters. The highest BCUT2D eigenvalue weighted by Gasteiger charge is 2.20. The maximum Gasteiger partial charge on any atom is 0.0701 e. The molecule has 1 aromatic heterocycles. The van der Waals surface area contributed by atoms with Gasteiger partial charge in [-0.1, -0.05) is 30.3 Å². The molecule has 0 spiro atoms. The summed E-state index contributed by atoms with van der Waals surface area (Å²) in [5.41, 5.74) is 7.49. The van der Waals surface area contributed by atoms with Gasteiger partial charge in [0.1, 0.15) is 0 Å². The first-order valence-electron chi connectivity index (χ1n) is 5.62. The lowest BCUT2D eigenvalue weighted by atomic mass is 9.90. The van der Waals surface area contributed by atoms with Crippen LogP contribution in [-0.2, 0) is 12.8 Å². The molecule has 2 rings (SSSR count). The number of rotatable bonds is 4. The van der Waals surface area contributed by atoms with E-state index >= 15 is 0 Å². The fourth-order valence-electron chi connectivity index (χ4n) is 1.97. The predicted molar refractivity (Wildman–Crippen MR) is 78.5 cm³/mol. The number of benzene rings is 1. The Morgan fingerprint density at radius 2 is 1.82 bits per heavy atom. The van der Waals surface area contributed by atoms with Crippen molar-refractivity contribution in [2.24, 2.45) is 5.73 Å². The maximum atomic E-state index is 6.38. The number of thiophene rings is 1. The van der Waals surface area contributed by atoms with Crippen LogP contribution >= 0.6 is 27.3 Å². The van der Waals surface area contributed by atoms with Crippen LogP contribution in [0.2, 0.25) is 0 Å². The van der Waals surface area contributed by atoms with Crippen LogP contribution < -0.4 is 5.73 Å². The highest BCUT2D eigenvalue weighted by molar-refractivity contribution is 9.11. The maximum absolute atomic E-state index is 6.38. The van der Waals surface area contributed by atoms with Crippen molar-refractivity contribution < 1.29 is 0 Å². The van der Waals surface area contributed by atoms with Crippen molar-refractivity contribution in [1.82, 2.24) is 0 Å². The smallest absolute Gasteiger partial charge is 0.0701 e. The molecule has 0 aliphatic rings. The van der Waals surface area contributed by atoms with Gasteiger partial charge in [0.25, 0.3) is 0 Å². The third-order valence-corrected chi connectivity index (χ3v) is 4.28. The minimum Gasteiger partial charge on any atom is -0.325 e. The molecular weight excluding hydrogens is 294 g/mol. The van der Waals surface area contributed by atoms with Gasteiger partial charge in [-0.05, 0) is 53.4 Å². The standard InChI is InChI=1S/C14H16BrNS/c1-14(16,9-11-5-3-2-4-6-11)10-12-7-8-13(15)17-12/h2-8H,9-10,16H2,1H3. The normalized spacial score (nSPS) is 14.5. The van der Waals surface area contributed by atoms with Gasteiger partial charge in [0.15, 0.2) is 0 Å². The average Bonchev–Trinajstić information content (AvgIpc) is 2.63. The summed E-state index contributed by atoms with van der Waals surface area (Å²) >= 11 is 5.25. The van der Waals surface area contributed by atoms with E-state index in [2.05, 4.69) is 59.3 Å². The van der Waals surface area contributed by atoms with Crippen LogP contribution in [0.25, 0.3) is 0 Å². The van der Waals surface area contributed by atoms with Crippen molar-refractivity contribution in [3.8, 4) is 0 Å². The van der Waals surface area contributed by atoms with Crippen LogP contribution in [0.15, 0.2) is 46.3 Å². The second-order valence-electron chi connectivity index (χ2n) is 4.70. The van der Waals surface area contributed by atoms with Crippen LogP contribution in [0, 0.1) is 0 Å². The molecule has 2 N–H and O–H groups in total. The highest BCUT2D eigenvalue weighted by atomic mass is 79.9. The van der Waals surface area contributed by atoms with E-state index in [-0.39, 0.29) is 5.54 Å². The van der Waals surface area contributed by atoms with Crippen molar-refractivity contribution >= 4 is 27.3 Å². The molecular formula is C14H16BrNS. The Bertz CT molecular complexity index is 476. The first-order chi connectivity index (χ1) is 8.05. The van der Waals surface area contributed by atoms with Crippen LogP contribution in [0.1, 0.15) is 17.4 Å². The molecule has 1 aromatic carbocycles. The van der Waals surface area contributed by atoms with Gasteiger partial charge in [-0.2, -0.15) is 0 Å². The molecule has 17 heavy (non-hydrogen) atoms. The van der Waals surface area contributed by atoms with E-state index in [9.17, 15) is 0 Å². The Hall–Kier alpha value is -0.640. The Morgan fingerprint density at radius 3 is 2.41 bits per heavy atom. The third kappa shape index (κ3) is 3.95. The van der Waals surface area contributed by atoms with Crippen molar-refractivity contribution in [2.45, 2.75) is 25.3 Å². The van der Waals surface area contributed by atoms with Crippen molar-refractivity contribution in [3.05, 3.63) is 56.7 Å². The van der Waals surface area contributed by atoms with E-state index in [0.29, 0.717) is 0 Å². The number of halogens is 1. The Balaban J connectivity index is 2.04. The molecule has 90 valence electrons. The molecule has 0 saturated heterocycles. The van der Waals surface area contributed by atoms with E-state index in [1.54, 1.807) is 11.3 Å². The fraction of sp³-hybridized carbons (Fsp3) is 0.286. The quantitative estimate of drug-likeness (QED) is 0.907. The second kappa shape index (κ2) is 5.34. The van der Waals surface area contributed by atoms with E-state index < -0.39 is 0 Å². The summed E-state index contributed by atoms with van der Waals surface area (Å²) in [7, 11) is 0. The summed E-state index contributed by atoms with van der Waals surface area (Å²) in [4.78, 5) is 1.33. The number of hydrogen-bond acceptors (Lipinski definition) is 2. The molecule has 1 heterocycles. The first-order valence-corrected chi connectivity index (χ1v) is 7.23. The van der Waals surface area contributed by atoms with Gasteiger partial charge in [0.05, 0.1) is 3.79 Å². The summed E-state index contributed by atoms with van der Waals surface area (Å²) in [6.45, 7) is 2.12. The van der Waals surface area contributed by atoms with Crippen LogP contribution in [0.4, 0.5) is 0 Å². The van der Waals surface area contributed by atoms with Crippen LogP contribution in [0.3, 0.4) is 0 Å².